The molecule has 9 nitrogen and oxygen atoms in total. The minimum absolute atomic E-state index is 0.181. The first-order valence-corrected chi connectivity index (χ1v) is 11.4. The highest BCUT2D eigenvalue weighted by molar-refractivity contribution is 5.92. The average Bonchev–Trinajstić information content (AvgIpc) is 3.59. The van der Waals surface area contributed by atoms with Gasteiger partial charge in [0.1, 0.15) is 5.65 Å². The molecule has 2 fully saturated rings. The van der Waals surface area contributed by atoms with Gasteiger partial charge in [-0.15, -0.1) is 0 Å². The molecule has 4 aromatic rings. The lowest BCUT2D eigenvalue weighted by molar-refractivity contribution is -0.135. The van der Waals surface area contributed by atoms with E-state index in [1.54, 1.807) is 10.7 Å². The fourth-order valence-electron chi connectivity index (χ4n) is 5.01. The van der Waals surface area contributed by atoms with E-state index in [9.17, 15) is 4.79 Å². The van der Waals surface area contributed by atoms with Crippen LogP contribution in [0.25, 0.3) is 27.9 Å². The Bertz CT molecular complexity index is 1260. The van der Waals surface area contributed by atoms with Crippen LogP contribution in [-0.2, 0) is 4.79 Å². The lowest BCUT2D eigenvalue weighted by Crippen LogP contribution is -2.37. The smallest absolute Gasteiger partial charge is 0.225 e. The maximum atomic E-state index is 12.7. The maximum Gasteiger partial charge on any atom is 0.225 e. The quantitative estimate of drug-likeness (QED) is 0.515. The third-order valence-electron chi connectivity index (χ3n) is 6.79. The van der Waals surface area contributed by atoms with Crippen molar-refractivity contribution in [2.45, 2.75) is 44.6 Å². The summed E-state index contributed by atoms with van der Waals surface area (Å²) in [6, 6.07) is 4.21. The van der Waals surface area contributed by atoms with Crippen LogP contribution in [0.2, 0.25) is 0 Å². The van der Waals surface area contributed by atoms with E-state index in [1.807, 2.05) is 30.7 Å². The lowest BCUT2D eigenvalue weighted by atomic mass is 9.85. The molecule has 1 aliphatic carbocycles. The summed E-state index contributed by atoms with van der Waals surface area (Å²) in [5, 5.41) is 9.04. The van der Waals surface area contributed by atoms with Crippen LogP contribution in [0.15, 0.2) is 36.9 Å². The summed E-state index contributed by atoms with van der Waals surface area (Å²) in [5.74, 6) is 1.17. The second-order valence-electron chi connectivity index (χ2n) is 8.83. The normalized spacial score (nSPS) is 21.4. The Labute approximate surface area is 185 Å². The van der Waals surface area contributed by atoms with Gasteiger partial charge >= 0.3 is 0 Å². The highest BCUT2D eigenvalue weighted by Gasteiger charge is 2.30. The monoisotopic (exact) mass is 430 g/mol. The Morgan fingerprint density at radius 2 is 1.94 bits per heavy atom. The Morgan fingerprint density at radius 1 is 1.09 bits per heavy atom. The number of amides is 1. The fourth-order valence-corrected chi connectivity index (χ4v) is 5.01. The summed E-state index contributed by atoms with van der Waals surface area (Å²) in [7, 11) is 0. The van der Waals surface area contributed by atoms with Crippen LogP contribution < -0.4 is 5.32 Å². The molecule has 164 valence electrons. The molecule has 1 aliphatic heterocycles. The van der Waals surface area contributed by atoms with Crippen molar-refractivity contribution in [2.75, 3.05) is 18.4 Å². The van der Waals surface area contributed by atoms with Gasteiger partial charge in [0, 0.05) is 60.8 Å². The Kier molecular flexibility index (Phi) is 4.74. The van der Waals surface area contributed by atoms with Gasteiger partial charge in [0.25, 0.3) is 0 Å². The standard InChI is InChI=1S/C23H26N8O/c32-22(30-10-1-2-11-30)15-3-5-16(6-4-15)27-23-26-14-18-17(13-25-21(18)28-23)19-7-8-20-24-9-12-31(20)29-19/h7-9,12-16H,1-6,10-11H2,(H2,25,26,27,28)/t15-,16+. The van der Waals surface area contributed by atoms with E-state index < -0.39 is 0 Å². The summed E-state index contributed by atoms with van der Waals surface area (Å²) in [5.41, 5.74) is 3.39. The van der Waals surface area contributed by atoms with E-state index in [1.165, 1.54) is 0 Å². The Balaban J connectivity index is 1.14. The number of aromatic nitrogens is 6. The summed E-state index contributed by atoms with van der Waals surface area (Å²) in [4.78, 5) is 31.5. The molecule has 1 saturated heterocycles. The largest absolute Gasteiger partial charge is 0.351 e. The SMILES string of the molecule is O=C([C@H]1CC[C@@H](Nc2ncc3c(-c4ccc5nccn5n4)c[nH]c3n2)CC1)N1CCCC1. The van der Waals surface area contributed by atoms with Crippen LogP contribution in [0, 0.1) is 5.92 Å². The van der Waals surface area contributed by atoms with Crippen LogP contribution in [0.4, 0.5) is 5.95 Å². The van der Waals surface area contributed by atoms with E-state index >= 15 is 0 Å². The molecule has 0 unspecified atom stereocenters. The molecule has 5 heterocycles. The Morgan fingerprint density at radius 3 is 2.78 bits per heavy atom. The van der Waals surface area contributed by atoms with E-state index in [0.29, 0.717) is 17.9 Å². The van der Waals surface area contributed by atoms with Gasteiger partial charge in [-0.05, 0) is 50.7 Å². The maximum absolute atomic E-state index is 12.7. The zero-order valence-electron chi connectivity index (χ0n) is 17.9. The number of H-pyrrole nitrogens is 1. The first-order chi connectivity index (χ1) is 15.7. The second kappa shape index (κ2) is 7.89. The van der Waals surface area contributed by atoms with Gasteiger partial charge in [0.2, 0.25) is 11.9 Å². The number of rotatable bonds is 4. The third-order valence-corrected chi connectivity index (χ3v) is 6.79. The molecule has 0 aromatic carbocycles. The molecule has 0 radical (unpaired) electrons. The van der Waals surface area contributed by atoms with Crippen molar-refractivity contribution in [1.29, 1.82) is 0 Å². The molecule has 0 spiro atoms. The number of anilines is 1. The van der Waals surface area contributed by atoms with Crippen molar-refractivity contribution in [3.63, 3.8) is 0 Å². The first-order valence-electron chi connectivity index (χ1n) is 11.4. The molecular formula is C23H26N8O. The van der Waals surface area contributed by atoms with Gasteiger partial charge in [-0.3, -0.25) is 4.79 Å². The minimum atomic E-state index is 0.181. The first kappa shape index (κ1) is 19.2. The van der Waals surface area contributed by atoms with Crippen LogP contribution in [-0.4, -0.2) is 59.5 Å². The highest BCUT2D eigenvalue weighted by atomic mass is 16.2. The van der Waals surface area contributed by atoms with Gasteiger partial charge in [0.05, 0.1) is 5.69 Å². The molecule has 2 aliphatic rings. The van der Waals surface area contributed by atoms with Crippen LogP contribution in [0.1, 0.15) is 38.5 Å². The van der Waals surface area contributed by atoms with Crippen LogP contribution >= 0.6 is 0 Å². The summed E-state index contributed by atoms with van der Waals surface area (Å²) >= 11 is 0. The van der Waals surface area contributed by atoms with Gasteiger partial charge in [-0.2, -0.15) is 10.1 Å². The third kappa shape index (κ3) is 3.47. The number of aromatic amines is 1. The molecule has 0 bridgehead atoms. The predicted octanol–water partition coefficient (Wildman–Crippen LogP) is 3.26. The fraction of sp³-hybridized carbons (Fsp3) is 0.435. The zero-order chi connectivity index (χ0) is 21.5. The number of imidazole rings is 1. The van der Waals surface area contributed by atoms with Crippen LogP contribution in [0.5, 0.6) is 0 Å². The average molecular weight is 431 g/mol. The van der Waals surface area contributed by atoms with Crippen molar-refractivity contribution < 1.29 is 4.79 Å². The molecule has 0 atom stereocenters. The molecule has 32 heavy (non-hydrogen) atoms. The van der Waals surface area contributed by atoms with Crippen molar-refractivity contribution in [1.82, 2.24) is 34.4 Å². The molecular weight excluding hydrogens is 404 g/mol. The van der Waals surface area contributed by atoms with Crippen LogP contribution in [0.3, 0.4) is 0 Å². The van der Waals surface area contributed by atoms with Gasteiger partial charge in [0.15, 0.2) is 5.65 Å². The summed E-state index contributed by atoms with van der Waals surface area (Å²) < 4.78 is 1.76. The van der Waals surface area contributed by atoms with Crippen molar-refractivity contribution in [3.8, 4) is 11.3 Å². The zero-order valence-corrected chi connectivity index (χ0v) is 17.9. The number of carbonyl (C=O) groups is 1. The van der Waals surface area contributed by atoms with Gasteiger partial charge in [-0.1, -0.05) is 0 Å². The topological polar surface area (TPSA) is 104 Å². The molecule has 9 heteroatoms. The molecule has 1 saturated carbocycles. The number of hydrogen-bond donors (Lipinski definition) is 2. The van der Waals surface area contributed by atoms with E-state index in [2.05, 4.69) is 35.3 Å². The van der Waals surface area contributed by atoms with E-state index in [0.717, 1.165) is 79.6 Å². The predicted molar refractivity (Wildman–Crippen MR) is 121 cm³/mol. The molecule has 1 amide bonds. The highest BCUT2D eigenvalue weighted by Crippen LogP contribution is 2.30. The number of likely N-dealkylation sites (tertiary alicyclic amines) is 1. The van der Waals surface area contributed by atoms with Gasteiger partial charge in [-0.25, -0.2) is 14.5 Å². The second-order valence-corrected chi connectivity index (χ2v) is 8.83. The molecule has 2 N–H and O–H groups in total. The number of hydrogen-bond acceptors (Lipinski definition) is 6. The number of nitrogens with one attached hydrogen (secondary N) is 2. The van der Waals surface area contributed by atoms with Gasteiger partial charge < -0.3 is 15.2 Å². The summed E-state index contributed by atoms with van der Waals surface area (Å²) in [6.07, 6.45) is 13.4. The molecule has 6 rings (SSSR count). The minimum Gasteiger partial charge on any atom is -0.351 e. The summed E-state index contributed by atoms with van der Waals surface area (Å²) in [6.45, 7) is 1.88. The Hall–Kier alpha value is -3.49. The van der Waals surface area contributed by atoms with E-state index in [4.69, 9.17) is 0 Å². The van der Waals surface area contributed by atoms with Crippen molar-refractivity contribution in [2.24, 2.45) is 5.92 Å². The lowest BCUT2D eigenvalue weighted by Gasteiger charge is -2.30. The van der Waals surface area contributed by atoms with Crippen molar-refractivity contribution in [3.05, 3.63) is 36.9 Å². The number of nitrogens with zero attached hydrogens (tertiary/aromatic N) is 6. The van der Waals surface area contributed by atoms with Crippen molar-refractivity contribution >= 4 is 28.5 Å². The van der Waals surface area contributed by atoms with E-state index in [-0.39, 0.29) is 5.92 Å². The molecule has 4 aromatic heterocycles. The number of carbonyl (C=O) groups excluding carboxylic acids is 1. The number of fused-ring (bicyclic) bond motifs is 2.